The van der Waals surface area contributed by atoms with E-state index >= 15 is 0 Å². The van der Waals surface area contributed by atoms with E-state index in [1.54, 1.807) is 0 Å². The van der Waals surface area contributed by atoms with Crippen LogP contribution >= 0.6 is 0 Å². The maximum Gasteiger partial charge on any atom is 0.227 e. The number of aromatic nitrogens is 1. The standard InChI is InChI=1S/C15H20N2O3/c1-11-3-2-4-13-12(10-16-15(11)13)9-14(20)17(5-7-18)6-8-19/h2-4,10,16,18-19H,5-9H2,1H3. The second-order valence-corrected chi connectivity index (χ2v) is 4.82. The van der Waals surface area contributed by atoms with Crippen molar-refractivity contribution in [3.05, 3.63) is 35.5 Å². The molecule has 1 heterocycles. The summed E-state index contributed by atoms with van der Waals surface area (Å²) in [5.74, 6) is -0.0875. The smallest absolute Gasteiger partial charge is 0.227 e. The monoisotopic (exact) mass is 276 g/mol. The molecule has 0 saturated heterocycles. The van der Waals surface area contributed by atoms with Crippen molar-refractivity contribution in [2.45, 2.75) is 13.3 Å². The van der Waals surface area contributed by atoms with E-state index in [1.165, 1.54) is 4.90 Å². The fourth-order valence-corrected chi connectivity index (χ4v) is 2.39. The Morgan fingerprint density at radius 3 is 2.60 bits per heavy atom. The number of carbonyl (C=O) groups is 1. The SMILES string of the molecule is Cc1cccc2c(CC(=O)N(CCO)CCO)c[nH]c12. The molecule has 0 aliphatic rings. The Balaban J connectivity index is 2.19. The molecule has 5 nitrogen and oxygen atoms in total. The lowest BCUT2D eigenvalue weighted by atomic mass is 10.1. The van der Waals surface area contributed by atoms with Gasteiger partial charge < -0.3 is 20.1 Å². The van der Waals surface area contributed by atoms with Crippen LogP contribution in [0.3, 0.4) is 0 Å². The number of benzene rings is 1. The minimum absolute atomic E-state index is 0.0875. The molecule has 0 aliphatic heterocycles. The molecule has 20 heavy (non-hydrogen) atoms. The number of aliphatic hydroxyl groups is 2. The summed E-state index contributed by atoms with van der Waals surface area (Å²) in [6.07, 6.45) is 2.12. The summed E-state index contributed by atoms with van der Waals surface area (Å²) < 4.78 is 0. The molecule has 0 aliphatic carbocycles. The molecule has 108 valence electrons. The molecule has 3 N–H and O–H groups in total. The summed E-state index contributed by atoms with van der Waals surface area (Å²) in [5, 5.41) is 19.0. The van der Waals surface area contributed by atoms with E-state index in [9.17, 15) is 4.79 Å². The molecule has 1 aromatic carbocycles. The highest BCUT2D eigenvalue weighted by molar-refractivity contribution is 5.90. The highest BCUT2D eigenvalue weighted by Crippen LogP contribution is 2.21. The van der Waals surface area contributed by atoms with Crippen LogP contribution in [-0.2, 0) is 11.2 Å². The fourth-order valence-electron chi connectivity index (χ4n) is 2.39. The molecule has 0 bridgehead atoms. The average molecular weight is 276 g/mol. The first-order valence-corrected chi connectivity index (χ1v) is 6.72. The summed E-state index contributed by atoms with van der Waals surface area (Å²) in [6, 6.07) is 5.98. The second-order valence-electron chi connectivity index (χ2n) is 4.82. The van der Waals surface area contributed by atoms with Gasteiger partial charge in [-0.15, -0.1) is 0 Å². The lowest BCUT2D eigenvalue weighted by Gasteiger charge is -2.20. The molecule has 0 spiro atoms. The number of nitrogens with one attached hydrogen (secondary N) is 1. The van der Waals surface area contributed by atoms with Gasteiger partial charge in [-0.1, -0.05) is 18.2 Å². The van der Waals surface area contributed by atoms with Crippen molar-refractivity contribution >= 4 is 16.8 Å². The number of rotatable bonds is 6. The van der Waals surface area contributed by atoms with E-state index in [0.717, 1.165) is 22.0 Å². The highest BCUT2D eigenvalue weighted by Gasteiger charge is 2.15. The van der Waals surface area contributed by atoms with Gasteiger partial charge >= 0.3 is 0 Å². The summed E-state index contributed by atoms with van der Waals surface area (Å²) in [7, 11) is 0. The predicted molar refractivity (Wildman–Crippen MR) is 77.5 cm³/mol. The largest absolute Gasteiger partial charge is 0.395 e. The Hall–Kier alpha value is -1.85. The van der Waals surface area contributed by atoms with Crippen LogP contribution in [0, 0.1) is 6.92 Å². The Kier molecular flexibility index (Phi) is 4.76. The molecule has 2 aromatic rings. The van der Waals surface area contributed by atoms with Crippen LogP contribution in [0.25, 0.3) is 10.9 Å². The third kappa shape index (κ3) is 3.00. The van der Waals surface area contributed by atoms with Gasteiger partial charge in [-0.25, -0.2) is 0 Å². The Morgan fingerprint density at radius 2 is 1.95 bits per heavy atom. The number of carbonyl (C=O) groups excluding carboxylic acids is 1. The number of fused-ring (bicyclic) bond motifs is 1. The van der Waals surface area contributed by atoms with E-state index in [0.29, 0.717) is 0 Å². The molecular weight excluding hydrogens is 256 g/mol. The topological polar surface area (TPSA) is 76.6 Å². The van der Waals surface area contributed by atoms with E-state index in [1.807, 2.05) is 31.3 Å². The van der Waals surface area contributed by atoms with E-state index in [4.69, 9.17) is 10.2 Å². The molecule has 2 rings (SSSR count). The van der Waals surface area contributed by atoms with Gasteiger partial charge in [0.1, 0.15) is 0 Å². The van der Waals surface area contributed by atoms with Crippen molar-refractivity contribution in [1.82, 2.24) is 9.88 Å². The van der Waals surface area contributed by atoms with Gasteiger partial charge in [0.15, 0.2) is 0 Å². The maximum absolute atomic E-state index is 12.2. The van der Waals surface area contributed by atoms with Crippen LogP contribution in [0.4, 0.5) is 0 Å². The first-order chi connectivity index (χ1) is 9.67. The van der Waals surface area contributed by atoms with E-state index in [-0.39, 0.29) is 38.6 Å². The molecule has 1 aromatic heterocycles. The van der Waals surface area contributed by atoms with Gasteiger partial charge in [-0.2, -0.15) is 0 Å². The number of nitrogens with zero attached hydrogens (tertiary/aromatic N) is 1. The molecule has 5 heteroatoms. The number of hydrogen-bond acceptors (Lipinski definition) is 3. The average Bonchev–Trinajstić information content (AvgIpc) is 2.83. The van der Waals surface area contributed by atoms with Gasteiger partial charge in [0.2, 0.25) is 5.91 Å². The zero-order valence-electron chi connectivity index (χ0n) is 11.6. The summed E-state index contributed by atoms with van der Waals surface area (Å²) in [4.78, 5) is 16.9. The first kappa shape index (κ1) is 14.6. The van der Waals surface area contributed by atoms with Crippen LogP contribution in [0.15, 0.2) is 24.4 Å². The van der Waals surface area contributed by atoms with E-state index < -0.39 is 0 Å². The third-order valence-electron chi connectivity index (χ3n) is 3.44. The minimum atomic E-state index is -0.0985. The van der Waals surface area contributed by atoms with Crippen LogP contribution < -0.4 is 0 Å². The van der Waals surface area contributed by atoms with Gasteiger partial charge in [0.05, 0.1) is 19.6 Å². The molecule has 0 fully saturated rings. The van der Waals surface area contributed by atoms with Crippen molar-refractivity contribution in [2.75, 3.05) is 26.3 Å². The summed E-state index contributed by atoms with van der Waals surface area (Å²) >= 11 is 0. The molecule has 0 atom stereocenters. The predicted octanol–water partition coefficient (Wildman–Crippen LogP) is 0.832. The molecule has 0 saturated carbocycles. The van der Waals surface area contributed by atoms with Crippen molar-refractivity contribution in [2.24, 2.45) is 0 Å². The van der Waals surface area contributed by atoms with Crippen molar-refractivity contribution in [1.29, 1.82) is 0 Å². The molecule has 0 radical (unpaired) electrons. The lowest BCUT2D eigenvalue weighted by Crippen LogP contribution is -2.36. The van der Waals surface area contributed by atoms with Gasteiger partial charge in [-0.3, -0.25) is 4.79 Å². The van der Waals surface area contributed by atoms with Gasteiger partial charge in [0.25, 0.3) is 0 Å². The maximum atomic E-state index is 12.2. The quantitative estimate of drug-likeness (QED) is 0.731. The molecule has 0 unspecified atom stereocenters. The normalized spacial score (nSPS) is 10.9. The van der Waals surface area contributed by atoms with Crippen LogP contribution in [-0.4, -0.2) is 52.3 Å². The number of H-pyrrole nitrogens is 1. The van der Waals surface area contributed by atoms with Crippen LogP contribution in [0.1, 0.15) is 11.1 Å². The second kappa shape index (κ2) is 6.54. The number of aromatic amines is 1. The number of aliphatic hydroxyl groups excluding tert-OH is 2. The Bertz CT molecular complexity index is 586. The van der Waals surface area contributed by atoms with Crippen LogP contribution in [0.5, 0.6) is 0 Å². The van der Waals surface area contributed by atoms with Gasteiger partial charge in [0, 0.05) is 30.2 Å². The molecular formula is C15H20N2O3. The molecule has 1 amide bonds. The number of para-hydroxylation sites is 1. The zero-order chi connectivity index (χ0) is 14.5. The third-order valence-corrected chi connectivity index (χ3v) is 3.44. The van der Waals surface area contributed by atoms with Crippen molar-refractivity contribution < 1.29 is 15.0 Å². The lowest BCUT2D eigenvalue weighted by molar-refractivity contribution is -0.131. The number of hydrogen-bond donors (Lipinski definition) is 3. The van der Waals surface area contributed by atoms with E-state index in [2.05, 4.69) is 4.98 Å². The van der Waals surface area contributed by atoms with Crippen molar-refractivity contribution in [3.63, 3.8) is 0 Å². The van der Waals surface area contributed by atoms with Crippen LogP contribution in [0.2, 0.25) is 0 Å². The Morgan fingerprint density at radius 1 is 1.25 bits per heavy atom. The minimum Gasteiger partial charge on any atom is -0.395 e. The van der Waals surface area contributed by atoms with Crippen molar-refractivity contribution in [3.8, 4) is 0 Å². The number of aryl methyl sites for hydroxylation is 1. The fraction of sp³-hybridized carbons (Fsp3) is 0.400. The number of amides is 1. The highest BCUT2D eigenvalue weighted by atomic mass is 16.3. The Labute approximate surface area is 117 Å². The zero-order valence-corrected chi connectivity index (χ0v) is 11.6. The summed E-state index contributed by atoms with van der Waals surface area (Å²) in [5.41, 5.74) is 3.13. The summed E-state index contributed by atoms with van der Waals surface area (Å²) in [6.45, 7) is 2.33. The van der Waals surface area contributed by atoms with Gasteiger partial charge in [-0.05, 0) is 18.1 Å². The first-order valence-electron chi connectivity index (χ1n) is 6.72.